The quantitative estimate of drug-likeness (QED) is 0.314. The van der Waals surface area contributed by atoms with E-state index in [1.165, 1.54) is 40.6 Å². The first-order valence-corrected chi connectivity index (χ1v) is 12.0. The Hall–Kier alpha value is -4.98. The number of anilines is 2. The highest BCUT2D eigenvalue weighted by Gasteiger charge is 2.34. The lowest BCUT2D eigenvalue weighted by Crippen LogP contribution is -2.51. The third-order valence-electron chi connectivity index (χ3n) is 6.42. The van der Waals surface area contributed by atoms with Gasteiger partial charge in [-0.25, -0.2) is 9.78 Å². The summed E-state index contributed by atoms with van der Waals surface area (Å²) in [4.78, 5) is 54.8. The number of nitrogens with zero attached hydrogens (tertiary/aromatic N) is 4. The fraction of sp³-hybridized carbons (Fsp3) is 0.280. The van der Waals surface area contributed by atoms with Gasteiger partial charge in [0.2, 0.25) is 5.76 Å². The molecule has 0 saturated heterocycles. The number of ether oxygens (including phenoxy) is 2. The zero-order chi connectivity index (χ0) is 27.7. The van der Waals surface area contributed by atoms with Crippen molar-refractivity contribution in [3.63, 3.8) is 0 Å². The van der Waals surface area contributed by atoms with Crippen LogP contribution in [0, 0.1) is 0 Å². The van der Waals surface area contributed by atoms with E-state index in [9.17, 15) is 19.2 Å². The van der Waals surface area contributed by atoms with Crippen LogP contribution in [0.15, 0.2) is 56.8 Å². The van der Waals surface area contributed by atoms with E-state index < -0.39 is 17.6 Å². The fourth-order valence-corrected chi connectivity index (χ4v) is 4.11. The van der Waals surface area contributed by atoms with Gasteiger partial charge in [-0.15, -0.1) is 0 Å². The molecule has 1 saturated carbocycles. The molecule has 0 aliphatic heterocycles. The Morgan fingerprint density at radius 1 is 1.13 bits per heavy atom. The highest BCUT2D eigenvalue weighted by atomic mass is 16.6. The number of aryl methyl sites for hydroxylation is 1. The molecule has 0 bridgehead atoms. The summed E-state index contributed by atoms with van der Waals surface area (Å²) >= 11 is 0. The van der Waals surface area contributed by atoms with Gasteiger partial charge >= 0.3 is 6.09 Å². The third-order valence-corrected chi connectivity index (χ3v) is 6.42. The minimum atomic E-state index is -0.785. The van der Waals surface area contributed by atoms with Crippen molar-refractivity contribution in [2.24, 2.45) is 7.05 Å². The van der Waals surface area contributed by atoms with Crippen molar-refractivity contribution in [3.8, 4) is 11.4 Å². The summed E-state index contributed by atoms with van der Waals surface area (Å²) in [6, 6.07) is 7.26. The zero-order valence-electron chi connectivity index (χ0n) is 21.3. The van der Waals surface area contributed by atoms with Crippen molar-refractivity contribution in [2.75, 3.05) is 19.5 Å². The van der Waals surface area contributed by atoms with E-state index in [0.717, 1.165) is 12.8 Å². The maximum Gasteiger partial charge on any atom is 0.412 e. The molecule has 14 nitrogen and oxygen atoms in total. The lowest BCUT2D eigenvalue weighted by atomic mass is 9.89. The van der Waals surface area contributed by atoms with Gasteiger partial charge in [-0.05, 0) is 31.0 Å². The van der Waals surface area contributed by atoms with Gasteiger partial charge in [0.25, 0.3) is 17.0 Å². The molecule has 1 aliphatic rings. The number of nitrogens with one attached hydrogen (secondary N) is 3. The van der Waals surface area contributed by atoms with Gasteiger partial charge in [0.1, 0.15) is 17.0 Å². The molecule has 202 valence electrons. The number of aromatic nitrogens is 4. The minimum absolute atomic E-state index is 0.0208. The molecule has 4 heterocycles. The topological polar surface area (TPSA) is 172 Å². The van der Waals surface area contributed by atoms with Crippen molar-refractivity contribution >= 4 is 34.5 Å². The predicted octanol–water partition coefficient (Wildman–Crippen LogP) is 1.44. The van der Waals surface area contributed by atoms with Gasteiger partial charge in [0.05, 0.1) is 17.8 Å². The van der Waals surface area contributed by atoms with E-state index in [-0.39, 0.29) is 51.8 Å². The maximum absolute atomic E-state index is 13.2. The van der Waals surface area contributed by atoms with Crippen LogP contribution in [0.4, 0.5) is 16.3 Å². The Bertz CT molecular complexity index is 1690. The van der Waals surface area contributed by atoms with Gasteiger partial charge in [-0.3, -0.25) is 19.0 Å². The lowest BCUT2D eigenvalue weighted by molar-refractivity contribution is 0.00677. The summed E-state index contributed by atoms with van der Waals surface area (Å²) in [5, 5.41) is 12.0. The average molecular weight is 536 g/mol. The Labute approximate surface area is 220 Å². The lowest BCUT2D eigenvalue weighted by Gasteiger charge is -2.35. The highest BCUT2D eigenvalue weighted by Crippen LogP contribution is 2.31. The molecular weight excluding hydrogens is 510 g/mol. The van der Waals surface area contributed by atoms with Gasteiger partial charge in [-0.2, -0.15) is 0 Å². The Morgan fingerprint density at radius 2 is 1.95 bits per heavy atom. The number of pyridine rings is 3. The number of hydrogen-bond donors (Lipinski definition) is 3. The van der Waals surface area contributed by atoms with Gasteiger partial charge < -0.3 is 34.5 Å². The maximum atomic E-state index is 13.2. The van der Waals surface area contributed by atoms with Crippen LogP contribution in [0.2, 0.25) is 0 Å². The second-order valence-electron chi connectivity index (χ2n) is 8.84. The number of amides is 2. The molecule has 0 radical (unpaired) electrons. The second kappa shape index (κ2) is 10.4. The fourth-order valence-electron chi connectivity index (χ4n) is 4.11. The standard InChI is InChI=1S/C25H25N7O7/c1-26-25(36)38-17-12-18(27-15-5-4-9-32(24(15)35)13-8-10-31(2)19(33)11-13)29-21-20(17)30-39-22(21)23(34)28-14-6-7-16(14)37-3/h4-5,8-12,14,16H,6-7H2,1-3H3,(H,26,36)(H,27,29)(H,28,34)/t14-,16-/m1/s1. The van der Waals surface area contributed by atoms with Gasteiger partial charge in [0.15, 0.2) is 11.3 Å². The molecule has 1 fully saturated rings. The van der Waals surface area contributed by atoms with Crippen LogP contribution in [0.25, 0.3) is 16.7 Å². The first kappa shape index (κ1) is 25.7. The van der Waals surface area contributed by atoms with Crippen molar-refractivity contribution in [1.29, 1.82) is 0 Å². The molecule has 0 aromatic carbocycles. The van der Waals surface area contributed by atoms with Crippen molar-refractivity contribution in [3.05, 3.63) is 69.2 Å². The number of carbonyl (C=O) groups is 2. The number of rotatable bonds is 7. The SMILES string of the molecule is CNC(=O)Oc1cc(Nc2cccn(-c3ccn(C)c(=O)c3)c2=O)nc2c(C(=O)N[C@@H]3CC[C@H]3OC)onc12. The molecule has 4 aromatic rings. The zero-order valence-corrected chi connectivity index (χ0v) is 21.3. The minimum Gasteiger partial charge on any atom is -0.408 e. The number of hydrogen-bond acceptors (Lipinski definition) is 10. The summed E-state index contributed by atoms with van der Waals surface area (Å²) in [5.41, 5.74) is -0.208. The van der Waals surface area contributed by atoms with Crippen molar-refractivity contribution in [1.82, 2.24) is 29.9 Å². The number of methoxy groups -OCH3 is 1. The normalized spacial score (nSPS) is 16.4. The molecule has 1 aliphatic carbocycles. The predicted molar refractivity (Wildman–Crippen MR) is 139 cm³/mol. The Balaban J connectivity index is 1.53. The van der Waals surface area contributed by atoms with E-state index in [2.05, 4.69) is 26.1 Å². The Morgan fingerprint density at radius 3 is 2.64 bits per heavy atom. The summed E-state index contributed by atoms with van der Waals surface area (Å²) in [7, 11) is 4.56. The third kappa shape index (κ3) is 4.96. The molecular formula is C25H25N7O7. The van der Waals surface area contributed by atoms with Crippen LogP contribution in [-0.2, 0) is 11.8 Å². The van der Waals surface area contributed by atoms with Crippen LogP contribution >= 0.6 is 0 Å². The molecule has 2 atom stereocenters. The molecule has 39 heavy (non-hydrogen) atoms. The molecule has 0 spiro atoms. The molecule has 4 aromatic heterocycles. The van der Waals surface area contributed by atoms with Crippen LogP contribution in [0.5, 0.6) is 5.75 Å². The van der Waals surface area contributed by atoms with Crippen LogP contribution in [0.3, 0.4) is 0 Å². The molecule has 3 N–H and O–H groups in total. The highest BCUT2D eigenvalue weighted by molar-refractivity contribution is 6.04. The van der Waals surface area contributed by atoms with E-state index in [1.54, 1.807) is 32.5 Å². The largest absolute Gasteiger partial charge is 0.412 e. The van der Waals surface area contributed by atoms with E-state index >= 15 is 0 Å². The monoisotopic (exact) mass is 535 g/mol. The summed E-state index contributed by atoms with van der Waals surface area (Å²) < 4.78 is 18.6. The van der Waals surface area contributed by atoms with Gasteiger partial charge in [-0.1, -0.05) is 5.16 Å². The summed E-state index contributed by atoms with van der Waals surface area (Å²) in [6.45, 7) is 0. The smallest absolute Gasteiger partial charge is 0.408 e. The number of fused-ring (bicyclic) bond motifs is 1. The summed E-state index contributed by atoms with van der Waals surface area (Å²) in [6.07, 6.45) is 3.75. The Kier molecular flexibility index (Phi) is 6.85. The first-order chi connectivity index (χ1) is 18.8. The molecule has 5 rings (SSSR count). The van der Waals surface area contributed by atoms with Crippen molar-refractivity contribution in [2.45, 2.75) is 25.0 Å². The number of carbonyl (C=O) groups excluding carboxylic acids is 2. The molecule has 2 amide bonds. The second-order valence-corrected chi connectivity index (χ2v) is 8.84. The first-order valence-electron chi connectivity index (χ1n) is 12.0. The summed E-state index contributed by atoms with van der Waals surface area (Å²) in [5.74, 6) is -0.725. The van der Waals surface area contributed by atoms with E-state index in [4.69, 9.17) is 14.0 Å². The van der Waals surface area contributed by atoms with Crippen LogP contribution < -0.4 is 31.8 Å². The van der Waals surface area contributed by atoms with E-state index in [1.807, 2.05) is 0 Å². The average Bonchev–Trinajstić information content (AvgIpc) is 3.34. The van der Waals surface area contributed by atoms with E-state index in [0.29, 0.717) is 5.69 Å². The van der Waals surface area contributed by atoms with Gasteiger partial charge in [0, 0.05) is 45.7 Å². The van der Waals surface area contributed by atoms with Crippen LogP contribution in [0.1, 0.15) is 23.4 Å². The molecule has 14 heteroatoms. The van der Waals surface area contributed by atoms with Crippen LogP contribution in [-0.4, -0.2) is 57.6 Å². The molecule has 0 unspecified atom stereocenters. The van der Waals surface area contributed by atoms with Crippen molar-refractivity contribution < 1.29 is 23.6 Å².